The normalized spacial score (nSPS) is 21.3. The van der Waals surface area contributed by atoms with Crippen LogP contribution in [0.4, 0.5) is 0 Å². The summed E-state index contributed by atoms with van der Waals surface area (Å²) < 4.78 is 0. The van der Waals surface area contributed by atoms with Crippen molar-refractivity contribution in [2.45, 2.75) is 18.3 Å². The number of ketones is 1. The quantitative estimate of drug-likeness (QED) is 0.398. The molecule has 152 valence electrons. The summed E-state index contributed by atoms with van der Waals surface area (Å²) in [6, 6.07) is 26.9. The largest absolute Gasteiger partial charge is 0.289 e. The molecule has 4 heteroatoms. The lowest BCUT2D eigenvalue weighted by atomic mass is 9.66. The number of carbonyl (C=O) groups excluding carboxylic acids is 1. The van der Waals surface area contributed by atoms with Gasteiger partial charge in [0, 0.05) is 21.2 Å². The number of allylic oxidation sites excluding steroid dienone is 2. The Morgan fingerprint density at radius 1 is 0.742 bits per heavy atom. The highest BCUT2D eigenvalue weighted by atomic mass is 35.5. The van der Waals surface area contributed by atoms with Gasteiger partial charge >= 0.3 is 0 Å². The summed E-state index contributed by atoms with van der Waals surface area (Å²) in [4.78, 5) is 13.4. The summed E-state index contributed by atoms with van der Waals surface area (Å²) in [6.07, 6.45) is 4.44. The summed E-state index contributed by atoms with van der Waals surface area (Å²) in [5.74, 6) is -0.0355. The van der Waals surface area contributed by atoms with E-state index in [4.69, 9.17) is 23.2 Å². The first-order chi connectivity index (χ1) is 15.0. The molecule has 1 fully saturated rings. The van der Waals surface area contributed by atoms with Crippen molar-refractivity contribution in [2.75, 3.05) is 0 Å². The van der Waals surface area contributed by atoms with Crippen LogP contribution in [0.15, 0.2) is 90.0 Å². The Hall–Kier alpha value is -3.12. The van der Waals surface area contributed by atoms with Gasteiger partial charge in [0.1, 0.15) is 0 Å². The number of halogens is 2. The molecule has 0 aromatic heterocycles. The minimum absolute atomic E-state index is 0.0355. The zero-order chi connectivity index (χ0) is 21.8. The Morgan fingerprint density at radius 2 is 1.19 bits per heavy atom. The first kappa shape index (κ1) is 21.1. The monoisotopic (exact) mass is 443 g/mol. The van der Waals surface area contributed by atoms with E-state index in [1.165, 1.54) is 0 Å². The van der Waals surface area contributed by atoms with Gasteiger partial charge in [-0.15, -0.1) is 0 Å². The van der Waals surface area contributed by atoms with E-state index < -0.39 is 5.41 Å². The van der Waals surface area contributed by atoms with Gasteiger partial charge in [-0.1, -0.05) is 77.8 Å². The number of Topliss-reactive ketones (excluding diaryl/α,β-unsaturated/α-hetero) is 1. The molecule has 0 amide bonds. The molecule has 0 bridgehead atoms. The van der Waals surface area contributed by atoms with Crippen molar-refractivity contribution in [2.24, 2.45) is 0 Å². The van der Waals surface area contributed by atoms with Crippen LogP contribution in [-0.4, -0.2) is 5.78 Å². The van der Waals surface area contributed by atoms with E-state index in [1.807, 2.05) is 66.7 Å². The van der Waals surface area contributed by atoms with Crippen LogP contribution < -0.4 is 0 Å². The second kappa shape index (κ2) is 8.94. The lowest BCUT2D eigenvalue weighted by Gasteiger charge is -2.33. The van der Waals surface area contributed by atoms with E-state index in [0.29, 0.717) is 34.0 Å². The average Bonchev–Trinajstić information content (AvgIpc) is 2.80. The Morgan fingerprint density at radius 3 is 1.61 bits per heavy atom. The topological polar surface area (TPSA) is 40.9 Å². The number of benzene rings is 3. The summed E-state index contributed by atoms with van der Waals surface area (Å²) in [5, 5.41) is 11.5. The van der Waals surface area contributed by atoms with Crippen LogP contribution in [0, 0.1) is 11.3 Å². The molecule has 0 radical (unpaired) electrons. The SMILES string of the molecule is N#CC1(c2ccccc2)C/C(=C\c2ccc(Cl)cc2)C(=O)/C(=C/c2ccc(Cl)cc2)C1. The lowest BCUT2D eigenvalue weighted by molar-refractivity contribution is -0.113. The number of hydrogen-bond acceptors (Lipinski definition) is 2. The molecule has 0 N–H and O–H groups in total. The van der Waals surface area contributed by atoms with Crippen molar-refractivity contribution in [1.29, 1.82) is 5.26 Å². The minimum Gasteiger partial charge on any atom is -0.289 e. The second-order valence-electron chi connectivity index (χ2n) is 7.68. The van der Waals surface area contributed by atoms with Gasteiger partial charge in [0.05, 0.1) is 11.5 Å². The van der Waals surface area contributed by atoms with E-state index in [1.54, 1.807) is 24.3 Å². The van der Waals surface area contributed by atoms with Gasteiger partial charge in [-0.2, -0.15) is 5.26 Å². The molecule has 0 heterocycles. The highest BCUT2D eigenvalue weighted by molar-refractivity contribution is 6.30. The van der Waals surface area contributed by atoms with E-state index in [-0.39, 0.29) is 5.78 Å². The van der Waals surface area contributed by atoms with Crippen LogP contribution in [0.1, 0.15) is 29.5 Å². The first-order valence-corrected chi connectivity index (χ1v) is 10.7. The standard InChI is InChI=1S/C27H19Cl2NO/c28-24-10-6-19(7-11-24)14-21-16-27(18-30,23-4-2-1-3-5-23)17-22(26(21)31)15-20-8-12-25(29)13-9-20/h1-15H,16-17H2/b21-14+,22-15+. The zero-order valence-corrected chi connectivity index (χ0v) is 18.2. The fourth-order valence-corrected chi connectivity index (χ4v) is 4.19. The molecule has 1 aliphatic carbocycles. The minimum atomic E-state index is -0.814. The van der Waals surface area contributed by atoms with Crippen LogP contribution in [0.3, 0.4) is 0 Å². The molecule has 0 aliphatic heterocycles. The fraction of sp³-hybridized carbons (Fsp3) is 0.111. The van der Waals surface area contributed by atoms with Gasteiger partial charge in [-0.3, -0.25) is 4.79 Å². The molecule has 3 aromatic rings. The molecule has 0 atom stereocenters. The molecule has 1 aliphatic rings. The molecule has 3 aromatic carbocycles. The third-order valence-corrected chi connectivity index (χ3v) is 6.03. The summed E-state index contributed by atoms with van der Waals surface area (Å²) >= 11 is 12.0. The van der Waals surface area contributed by atoms with Crippen molar-refractivity contribution in [3.05, 3.63) is 117 Å². The maximum absolute atomic E-state index is 13.4. The molecule has 0 spiro atoms. The summed E-state index contributed by atoms with van der Waals surface area (Å²) in [6.45, 7) is 0. The third-order valence-electron chi connectivity index (χ3n) is 5.53. The van der Waals surface area contributed by atoms with E-state index >= 15 is 0 Å². The van der Waals surface area contributed by atoms with Crippen LogP contribution in [0.25, 0.3) is 12.2 Å². The smallest absolute Gasteiger partial charge is 0.185 e. The highest BCUT2D eigenvalue weighted by Crippen LogP contribution is 2.43. The van der Waals surface area contributed by atoms with Crippen molar-refractivity contribution in [3.8, 4) is 6.07 Å². The van der Waals surface area contributed by atoms with Crippen LogP contribution >= 0.6 is 23.2 Å². The van der Waals surface area contributed by atoms with Gasteiger partial charge < -0.3 is 0 Å². The Balaban J connectivity index is 1.83. The number of rotatable bonds is 3. The van der Waals surface area contributed by atoms with Crippen molar-refractivity contribution in [3.63, 3.8) is 0 Å². The number of hydrogen-bond donors (Lipinski definition) is 0. The molecular formula is C27H19Cl2NO. The van der Waals surface area contributed by atoms with E-state index in [0.717, 1.165) is 16.7 Å². The summed E-state index contributed by atoms with van der Waals surface area (Å²) in [7, 11) is 0. The van der Waals surface area contributed by atoms with Crippen molar-refractivity contribution < 1.29 is 4.79 Å². The molecule has 4 rings (SSSR count). The van der Waals surface area contributed by atoms with Crippen LogP contribution in [-0.2, 0) is 10.2 Å². The van der Waals surface area contributed by atoms with Gasteiger partial charge in [0.15, 0.2) is 5.78 Å². The number of carbonyl (C=O) groups is 1. The first-order valence-electron chi connectivity index (χ1n) is 9.93. The van der Waals surface area contributed by atoms with E-state index in [2.05, 4.69) is 6.07 Å². The Kier molecular flexibility index (Phi) is 6.09. The molecule has 1 saturated carbocycles. The fourth-order valence-electron chi connectivity index (χ4n) is 3.94. The highest BCUT2D eigenvalue weighted by Gasteiger charge is 2.41. The zero-order valence-electron chi connectivity index (χ0n) is 16.7. The predicted molar refractivity (Wildman–Crippen MR) is 127 cm³/mol. The molecule has 0 saturated heterocycles. The van der Waals surface area contributed by atoms with E-state index in [9.17, 15) is 10.1 Å². The van der Waals surface area contributed by atoms with Crippen LogP contribution in [0.2, 0.25) is 10.0 Å². The maximum atomic E-state index is 13.4. The maximum Gasteiger partial charge on any atom is 0.185 e. The second-order valence-corrected chi connectivity index (χ2v) is 8.56. The van der Waals surface area contributed by atoms with Crippen molar-refractivity contribution in [1.82, 2.24) is 0 Å². The number of nitrogens with zero attached hydrogens (tertiary/aromatic N) is 1. The van der Waals surface area contributed by atoms with Gasteiger partial charge in [-0.05, 0) is 65.9 Å². The molecule has 2 nitrogen and oxygen atoms in total. The Labute approximate surface area is 192 Å². The van der Waals surface area contributed by atoms with Gasteiger partial charge in [-0.25, -0.2) is 0 Å². The Bertz CT molecular complexity index is 1130. The predicted octanol–water partition coefficient (Wildman–Crippen LogP) is 7.28. The van der Waals surface area contributed by atoms with Gasteiger partial charge in [0.25, 0.3) is 0 Å². The molecule has 0 unspecified atom stereocenters. The lowest BCUT2D eigenvalue weighted by Crippen LogP contribution is -2.33. The third kappa shape index (κ3) is 4.64. The summed E-state index contributed by atoms with van der Waals surface area (Å²) in [5.41, 5.74) is 3.07. The average molecular weight is 444 g/mol. The molecule has 31 heavy (non-hydrogen) atoms. The number of nitriles is 1. The van der Waals surface area contributed by atoms with Crippen LogP contribution in [0.5, 0.6) is 0 Å². The van der Waals surface area contributed by atoms with Crippen molar-refractivity contribution >= 4 is 41.1 Å². The van der Waals surface area contributed by atoms with Gasteiger partial charge in [0.2, 0.25) is 0 Å². The molecular weight excluding hydrogens is 425 g/mol.